The number of carbonyl (C=O) groups is 2. The standard InChI is InChI=1S/C11H14N2O3S/c1-8(14)11(9-3-2-6-17-9)7-12-4-5-13(11)10(15)16/h2-3,6,12H,4-5,7H2,1H3,(H,15,16). The molecule has 0 spiro atoms. The van der Waals surface area contributed by atoms with E-state index in [4.69, 9.17) is 0 Å². The molecule has 1 unspecified atom stereocenters. The summed E-state index contributed by atoms with van der Waals surface area (Å²) in [7, 11) is 0. The maximum absolute atomic E-state index is 12.0. The molecule has 1 amide bonds. The van der Waals surface area contributed by atoms with Gasteiger partial charge in [-0.1, -0.05) is 6.07 Å². The molecular weight excluding hydrogens is 240 g/mol. The van der Waals surface area contributed by atoms with E-state index in [1.165, 1.54) is 23.2 Å². The summed E-state index contributed by atoms with van der Waals surface area (Å²) >= 11 is 1.41. The molecule has 92 valence electrons. The first-order valence-corrected chi connectivity index (χ1v) is 6.23. The Morgan fingerprint density at radius 3 is 2.88 bits per heavy atom. The molecule has 2 rings (SSSR count). The minimum atomic E-state index is -1.06. The molecule has 1 atom stereocenters. The molecule has 1 aliphatic rings. The summed E-state index contributed by atoms with van der Waals surface area (Å²) in [6, 6.07) is 3.65. The van der Waals surface area contributed by atoms with Crippen molar-refractivity contribution in [2.45, 2.75) is 12.5 Å². The molecule has 1 aromatic heterocycles. The van der Waals surface area contributed by atoms with Gasteiger partial charge in [-0.15, -0.1) is 11.3 Å². The SMILES string of the molecule is CC(=O)C1(c2cccs2)CNCCN1C(=O)O. The lowest BCUT2D eigenvalue weighted by Crippen LogP contribution is -2.63. The van der Waals surface area contributed by atoms with E-state index in [9.17, 15) is 14.7 Å². The number of amides is 1. The van der Waals surface area contributed by atoms with E-state index >= 15 is 0 Å². The summed E-state index contributed by atoms with van der Waals surface area (Å²) in [4.78, 5) is 25.3. The van der Waals surface area contributed by atoms with Gasteiger partial charge in [0.1, 0.15) is 0 Å². The quantitative estimate of drug-likeness (QED) is 0.829. The molecule has 0 radical (unpaired) electrons. The third-order valence-electron chi connectivity index (χ3n) is 3.10. The van der Waals surface area contributed by atoms with Crippen LogP contribution in [-0.4, -0.2) is 41.5 Å². The monoisotopic (exact) mass is 254 g/mol. The van der Waals surface area contributed by atoms with E-state index < -0.39 is 11.6 Å². The normalized spacial score (nSPS) is 24.6. The zero-order valence-electron chi connectivity index (χ0n) is 9.47. The van der Waals surface area contributed by atoms with Crippen LogP contribution in [0, 0.1) is 0 Å². The highest BCUT2D eigenvalue weighted by atomic mass is 32.1. The molecule has 0 bridgehead atoms. The van der Waals surface area contributed by atoms with Gasteiger partial charge < -0.3 is 10.4 Å². The van der Waals surface area contributed by atoms with Crippen LogP contribution in [0.25, 0.3) is 0 Å². The molecule has 0 aliphatic carbocycles. The molecule has 1 aliphatic heterocycles. The Labute approximate surface area is 103 Å². The van der Waals surface area contributed by atoms with E-state index in [1.807, 2.05) is 17.5 Å². The highest BCUT2D eigenvalue weighted by Crippen LogP contribution is 2.34. The van der Waals surface area contributed by atoms with Crippen LogP contribution in [0.3, 0.4) is 0 Å². The Hall–Kier alpha value is -1.40. The van der Waals surface area contributed by atoms with Gasteiger partial charge >= 0.3 is 6.09 Å². The highest BCUT2D eigenvalue weighted by molar-refractivity contribution is 7.10. The van der Waals surface area contributed by atoms with Crippen LogP contribution in [0.1, 0.15) is 11.8 Å². The second-order valence-corrected chi connectivity index (χ2v) is 4.95. The third kappa shape index (κ3) is 1.83. The summed E-state index contributed by atoms with van der Waals surface area (Å²) in [5.74, 6) is -0.144. The van der Waals surface area contributed by atoms with Crippen molar-refractivity contribution in [3.63, 3.8) is 0 Å². The van der Waals surface area contributed by atoms with E-state index in [1.54, 1.807) is 0 Å². The number of rotatable bonds is 2. The first-order chi connectivity index (χ1) is 8.09. The summed E-state index contributed by atoms with van der Waals surface area (Å²) in [6.07, 6.45) is -1.05. The second-order valence-electron chi connectivity index (χ2n) is 4.00. The van der Waals surface area contributed by atoms with Crippen molar-refractivity contribution in [3.8, 4) is 0 Å². The van der Waals surface area contributed by atoms with E-state index in [0.717, 1.165) is 4.88 Å². The summed E-state index contributed by atoms with van der Waals surface area (Å²) in [6.45, 7) is 2.69. The maximum atomic E-state index is 12.0. The molecule has 1 fully saturated rings. The predicted octanol–water partition coefficient (Wildman–Crippen LogP) is 1.12. The number of nitrogens with one attached hydrogen (secondary N) is 1. The van der Waals surface area contributed by atoms with Gasteiger partial charge in [0.05, 0.1) is 0 Å². The zero-order valence-corrected chi connectivity index (χ0v) is 10.3. The van der Waals surface area contributed by atoms with E-state index in [0.29, 0.717) is 19.6 Å². The average Bonchev–Trinajstić information content (AvgIpc) is 2.82. The Balaban J connectivity index is 2.51. The van der Waals surface area contributed by atoms with Crippen LogP contribution >= 0.6 is 11.3 Å². The highest BCUT2D eigenvalue weighted by Gasteiger charge is 2.48. The van der Waals surface area contributed by atoms with Crippen molar-refractivity contribution in [2.75, 3.05) is 19.6 Å². The molecule has 5 nitrogen and oxygen atoms in total. The largest absolute Gasteiger partial charge is 0.465 e. The van der Waals surface area contributed by atoms with Crippen molar-refractivity contribution >= 4 is 23.2 Å². The lowest BCUT2D eigenvalue weighted by atomic mass is 9.89. The minimum absolute atomic E-state index is 0.144. The van der Waals surface area contributed by atoms with Crippen LogP contribution in [-0.2, 0) is 10.3 Å². The number of hydrogen-bond donors (Lipinski definition) is 2. The molecule has 1 aromatic rings. The Morgan fingerprint density at radius 2 is 2.35 bits per heavy atom. The molecular formula is C11H14N2O3S. The fourth-order valence-corrected chi connectivity index (χ4v) is 3.21. The number of ketones is 1. The molecule has 0 aromatic carbocycles. The topological polar surface area (TPSA) is 69.6 Å². The Morgan fingerprint density at radius 1 is 1.59 bits per heavy atom. The number of thiophene rings is 1. The van der Waals surface area contributed by atoms with Gasteiger partial charge in [0.15, 0.2) is 11.3 Å². The summed E-state index contributed by atoms with van der Waals surface area (Å²) < 4.78 is 0. The fraction of sp³-hybridized carbons (Fsp3) is 0.455. The fourth-order valence-electron chi connectivity index (χ4n) is 2.23. The molecule has 1 saturated heterocycles. The summed E-state index contributed by atoms with van der Waals surface area (Å²) in [5.41, 5.74) is -1.06. The number of carboxylic acid groups (broad SMARTS) is 1. The average molecular weight is 254 g/mol. The number of nitrogens with zero attached hydrogens (tertiary/aromatic N) is 1. The predicted molar refractivity (Wildman–Crippen MR) is 64.3 cm³/mol. The van der Waals surface area contributed by atoms with Crippen LogP contribution in [0.15, 0.2) is 17.5 Å². The minimum Gasteiger partial charge on any atom is -0.465 e. The van der Waals surface area contributed by atoms with Crippen molar-refractivity contribution in [2.24, 2.45) is 0 Å². The zero-order chi connectivity index (χ0) is 12.5. The summed E-state index contributed by atoms with van der Waals surface area (Å²) in [5, 5.41) is 14.2. The first-order valence-electron chi connectivity index (χ1n) is 5.35. The van der Waals surface area contributed by atoms with Crippen molar-refractivity contribution in [1.82, 2.24) is 10.2 Å². The van der Waals surface area contributed by atoms with E-state index in [-0.39, 0.29) is 5.78 Å². The Bertz CT molecular complexity index is 432. The molecule has 2 heterocycles. The molecule has 0 saturated carbocycles. The number of hydrogen-bond acceptors (Lipinski definition) is 4. The Kier molecular flexibility index (Phi) is 3.17. The van der Waals surface area contributed by atoms with Crippen LogP contribution in [0.5, 0.6) is 0 Å². The van der Waals surface area contributed by atoms with Gasteiger partial charge in [-0.2, -0.15) is 0 Å². The molecule has 17 heavy (non-hydrogen) atoms. The smallest absolute Gasteiger partial charge is 0.408 e. The van der Waals surface area contributed by atoms with Crippen molar-refractivity contribution in [1.29, 1.82) is 0 Å². The van der Waals surface area contributed by atoms with Gasteiger partial charge in [-0.3, -0.25) is 9.69 Å². The number of Topliss-reactive ketones (excluding diaryl/α,β-unsaturated/α-hetero) is 1. The second kappa shape index (κ2) is 4.46. The van der Waals surface area contributed by atoms with E-state index in [2.05, 4.69) is 5.32 Å². The molecule has 6 heteroatoms. The lowest BCUT2D eigenvalue weighted by molar-refractivity contribution is -0.129. The molecule has 2 N–H and O–H groups in total. The van der Waals surface area contributed by atoms with Crippen molar-refractivity contribution in [3.05, 3.63) is 22.4 Å². The third-order valence-corrected chi connectivity index (χ3v) is 4.12. The first kappa shape index (κ1) is 12.1. The number of piperazine rings is 1. The maximum Gasteiger partial charge on any atom is 0.408 e. The van der Waals surface area contributed by atoms with Crippen LogP contribution < -0.4 is 5.32 Å². The van der Waals surface area contributed by atoms with Gasteiger partial charge in [-0.25, -0.2) is 4.79 Å². The van der Waals surface area contributed by atoms with Gasteiger partial charge in [0.2, 0.25) is 0 Å². The van der Waals surface area contributed by atoms with Gasteiger partial charge in [-0.05, 0) is 18.4 Å². The van der Waals surface area contributed by atoms with Gasteiger partial charge in [0, 0.05) is 24.5 Å². The van der Waals surface area contributed by atoms with Gasteiger partial charge in [0.25, 0.3) is 0 Å². The van der Waals surface area contributed by atoms with Crippen LogP contribution in [0.4, 0.5) is 4.79 Å². The van der Waals surface area contributed by atoms with Crippen molar-refractivity contribution < 1.29 is 14.7 Å². The van der Waals surface area contributed by atoms with Crippen LogP contribution in [0.2, 0.25) is 0 Å². The number of carbonyl (C=O) groups excluding carboxylic acids is 1. The lowest BCUT2D eigenvalue weighted by Gasteiger charge is -2.43.